The summed E-state index contributed by atoms with van der Waals surface area (Å²) in [6.07, 6.45) is 0.576. The number of aryl methyl sites for hydroxylation is 2. The fourth-order valence-corrected chi connectivity index (χ4v) is 3.29. The molecular formula is C19H18ClNO3. The van der Waals surface area contributed by atoms with E-state index in [2.05, 4.69) is 0 Å². The third-order valence-electron chi connectivity index (χ3n) is 4.08. The monoisotopic (exact) mass is 343 g/mol. The van der Waals surface area contributed by atoms with E-state index in [0.717, 1.165) is 16.9 Å². The highest BCUT2D eigenvalue weighted by Crippen LogP contribution is 2.27. The van der Waals surface area contributed by atoms with Crippen LogP contribution in [0.3, 0.4) is 0 Å². The van der Waals surface area contributed by atoms with Crippen LogP contribution in [-0.2, 0) is 0 Å². The summed E-state index contributed by atoms with van der Waals surface area (Å²) < 4.78 is 5.82. The first kappa shape index (κ1) is 16.5. The molecule has 0 atom stereocenters. The zero-order chi connectivity index (χ0) is 17.3. The highest BCUT2D eigenvalue weighted by atomic mass is 35.5. The van der Waals surface area contributed by atoms with E-state index in [-0.39, 0.29) is 11.8 Å². The number of imide groups is 1. The van der Waals surface area contributed by atoms with Crippen LogP contribution in [0.2, 0.25) is 5.02 Å². The fourth-order valence-electron chi connectivity index (χ4n) is 2.96. The number of benzene rings is 2. The molecule has 4 nitrogen and oxygen atoms in total. The van der Waals surface area contributed by atoms with Gasteiger partial charge in [0.2, 0.25) is 0 Å². The molecule has 3 rings (SSSR count). The number of ether oxygens (including phenoxy) is 1. The van der Waals surface area contributed by atoms with Crippen LogP contribution in [0.1, 0.15) is 38.3 Å². The molecule has 0 N–H and O–H groups in total. The molecule has 1 aliphatic heterocycles. The van der Waals surface area contributed by atoms with Crippen molar-refractivity contribution < 1.29 is 14.3 Å². The fraction of sp³-hybridized carbons (Fsp3) is 0.263. The first-order chi connectivity index (χ1) is 11.5. The van der Waals surface area contributed by atoms with Crippen molar-refractivity contribution in [2.75, 3.05) is 13.2 Å². The van der Waals surface area contributed by atoms with Crippen LogP contribution in [0.5, 0.6) is 5.75 Å². The van der Waals surface area contributed by atoms with Gasteiger partial charge in [0.15, 0.2) is 0 Å². The Morgan fingerprint density at radius 3 is 2.08 bits per heavy atom. The first-order valence-electron chi connectivity index (χ1n) is 7.84. The van der Waals surface area contributed by atoms with E-state index in [1.807, 2.05) is 26.0 Å². The molecule has 5 heteroatoms. The lowest BCUT2D eigenvalue weighted by Crippen LogP contribution is -2.31. The number of halogens is 1. The molecule has 2 aromatic carbocycles. The second-order valence-electron chi connectivity index (χ2n) is 5.88. The minimum absolute atomic E-state index is 0.227. The smallest absolute Gasteiger partial charge is 0.261 e. The summed E-state index contributed by atoms with van der Waals surface area (Å²) in [6.45, 7) is 4.66. The minimum atomic E-state index is -0.227. The second kappa shape index (κ2) is 6.65. The third kappa shape index (κ3) is 3.02. The standard InChI is InChI=1S/C19H18ClNO3/c1-12-10-14(20)11-13(2)17(12)24-9-5-8-21-18(22)15-6-3-4-7-16(15)19(21)23/h3-4,6-7,10-11H,5,8-9H2,1-2H3. The number of hydrogen-bond donors (Lipinski definition) is 0. The van der Waals surface area contributed by atoms with Crippen molar-refractivity contribution in [2.24, 2.45) is 0 Å². The van der Waals surface area contributed by atoms with Gasteiger partial charge in [0.1, 0.15) is 5.75 Å². The van der Waals surface area contributed by atoms with Crippen molar-refractivity contribution in [1.82, 2.24) is 4.90 Å². The maximum atomic E-state index is 12.3. The Labute approximate surface area is 146 Å². The number of carbonyl (C=O) groups is 2. The van der Waals surface area contributed by atoms with Crippen LogP contribution < -0.4 is 4.74 Å². The van der Waals surface area contributed by atoms with Crippen LogP contribution in [0, 0.1) is 13.8 Å². The van der Waals surface area contributed by atoms with Crippen molar-refractivity contribution >= 4 is 23.4 Å². The van der Waals surface area contributed by atoms with Gasteiger partial charge in [0, 0.05) is 11.6 Å². The van der Waals surface area contributed by atoms with Crippen LogP contribution in [0.25, 0.3) is 0 Å². The lowest BCUT2D eigenvalue weighted by atomic mass is 10.1. The van der Waals surface area contributed by atoms with Gasteiger partial charge >= 0.3 is 0 Å². The molecule has 2 aromatic rings. The number of carbonyl (C=O) groups excluding carboxylic acids is 2. The van der Waals surface area contributed by atoms with Crippen LogP contribution in [0.15, 0.2) is 36.4 Å². The Bertz CT molecular complexity index is 758. The minimum Gasteiger partial charge on any atom is -0.493 e. The summed E-state index contributed by atoms with van der Waals surface area (Å²) >= 11 is 6.01. The number of fused-ring (bicyclic) bond motifs is 1. The van der Waals surface area contributed by atoms with E-state index >= 15 is 0 Å². The van der Waals surface area contributed by atoms with Crippen molar-refractivity contribution in [3.63, 3.8) is 0 Å². The molecule has 0 fully saturated rings. The molecule has 0 spiro atoms. The zero-order valence-corrected chi connectivity index (χ0v) is 14.4. The number of rotatable bonds is 5. The van der Waals surface area contributed by atoms with E-state index in [0.29, 0.717) is 35.7 Å². The SMILES string of the molecule is Cc1cc(Cl)cc(C)c1OCCCN1C(=O)c2ccccc2C1=O. The van der Waals surface area contributed by atoms with E-state index in [1.165, 1.54) is 4.90 Å². The van der Waals surface area contributed by atoms with Gasteiger partial charge in [0.25, 0.3) is 11.8 Å². The van der Waals surface area contributed by atoms with Crippen LogP contribution >= 0.6 is 11.6 Å². The van der Waals surface area contributed by atoms with Gasteiger partial charge in [-0.1, -0.05) is 23.7 Å². The van der Waals surface area contributed by atoms with Gasteiger partial charge in [-0.3, -0.25) is 14.5 Å². The summed E-state index contributed by atoms with van der Waals surface area (Å²) in [5.74, 6) is 0.352. The van der Waals surface area contributed by atoms with E-state index in [1.54, 1.807) is 24.3 Å². The highest BCUT2D eigenvalue weighted by molar-refractivity contribution is 6.30. The van der Waals surface area contributed by atoms with Gasteiger partial charge in [-0.2, -0.15) is 0 Å². The molecule has 0 radical (unpaired) electrons. The lowest BCUT2D eigenvalue weighted by molar-refractivity contribution is 0.0646. The van der Waals surface area contributed by atoms with Crippen LogP contribution in [0.4, 0.5) is 0 Å². The Balaban J connectivity index is 1.59. The summed E-state index contributed by atoms with van der Waals surface area (Å²) in [5.41, 5.74) is 2.90. The molecule has 0 aliphatic carbocycles. The average molecular weight is 344 g/mol. The van der Waals surface area contributed by atoms with E-state index in [4.69, 9.17) is 16.3 Å². The van der Waals surface area contributed by atoms with Gasteiger partial charge in [-0.05, 0) is 55.7 Å². The maximum absolute atomic E-state index is 12.3. The quantitative estimate of drug-likeness (QED) is 0.608. The normalized spacial score (nSPS) is 13.4. The Hall–Kier alpha value is -2.33. The molecule has 0 saturated carbocycles. The molecule has 24 heavy (non-hydrogen) atoms. The molecule has 0 aromatic heterocycles. The maximum Gasteiger partial charge on any atom is 0.261 e. The lowest BCUT2D eigenvalue weighted by Gasteiger charge is -2.16. The summed E-state index contributed by atoms with van der Waals surface area (Å²) in [4.78, 5) is 25.8. The molecule has 124 valence electrons. The Morgan fingerprint density at radius 2 is 1.54 bits per heavy atom. The predicted molar refractivity (Wildman–Crippen MR) is 92.8 cm³/mol. The molecule has 2 amide bonds. The van der Waals surface area contributed by atoms with Gasteiger partial charge in [0.05, 0.1) is 17.7 Å². The van der Waals surface area contributed by atoms with E-state index < -0.39 is 0 Å². The Morgan fingerprint density at radius 1 is 1.00 bits per heavy atom. The molecule has 1 heterocycles. The summed E-state index contributed by atoms with van der Waals surface area (Å²) in [7, 11) is 0. The summed E-state index contributed by atoms with van der Waals surface area (Å²) in [5, 5.41) is 0.684. The third-order valence-corrected chi connectivity index (χ3v) is 4.29. The molecule has 1 aliphatic rings. The second-order valence-corrected chi connectivity index (χ2v) is 6.31. The largest absolute Gasteiger partial charge is 0.493 e. The van der Waals surface area contributed by atoms with Gasteiger partial charge in [-0.25, -0.2) is 0 Å². The van der Waals surface area contributed by atoms with Crippen molar-refractivity contribution in [3.05, 3.63) is 63.7 Å². The number of nitrogens with zero attached hydrogens (tertiary/aromatic N) is 1. The highest BCUT2D eigenvalue weighted by Gasteiger charge is 2.34. The zero-order valence-electron chi connectivity index (χ0n) is 13.6. The molecule has 0 bridgehead atoms. The molecular weight excluding hydrogens is 326 g/mol. The van der Waals surface area contributed by atoms with Gasteiger partial charge < -0.3 is 4.74 Å². The molecule has 0 unspecified atom stereocenters. The number of hydrogen-bond acceptors (Lipinski definition) is 3. The van der Waals surface area contributed by atoms with Crippen LogP contribution in [-0.4, -0.2) is 29.9 Å². The average Bonchev–Trinajstić information content (AvgIpc) is 2.78. The number of amides is 2. The van der Waals surface area contributed by atoms with Gasteiger partial charge in [-0.15, -0.1) is 0 Å². The van der Waals surface area contributed by atoms with Crippen molar-refractivity contribution in [3.8, 4) is 5.75 Å². The van der Waals surface area contributed by atoms with Crippen molar-refractivity contribution in [1.29, 1.82) is 0 Å². The Kier molecular flexibility index (Phi) is 4.58. The first-order valence-corrected chi connectivity index (χ1v) is 8.21. The topological polar surface area (TPSA) is 46.6 Å². The summed E-state index contributed by atoms with van der Waals surface area (Å²) in [6, 6.07) is 10.6. The predicted octanol–water partition coefficient (Wildman–Crippen LogP) is 4.02. The van der Waals surface area contributed by atoms with E-state index in [9.17, 15) is 9.59 Å². The molecule has 0 saturated heterocycles. The van der Waals surface area contributed by atoms with Crippen molar-refractivity contribution in [2.45, 2.75) is 20.3 Å².